The van der Waals surface area contributed by atoms with Crippen LogP contribution in [0.15, 0.2) is 35.9 Å². The number of rotatable bonds is 6. The maximum atomic E-state index is 12.5. The summed E-state index contributed by atoms with van der Waals surface area (Å²) in [6.07, 6.45) is 6.75. The van der Waals surface area contributed by atoms with Crippen LogP contribution in [-0.2, 0) is 16.1 Å². The van der Waals surface area contributed by atoms with Crippen molar-refractivity contribution in [2.45, 2.75) is 32.2 Å². The van der Waals surface area contributed by atoms with Gasteiger partial charge in [0.1, 0.15) is 0 Å². The van der Waals surface area contributed by atoms with E-state index in [0.29, 0.717) is 23.9 Å². The first-order chi connectivity index (χ1) is 11.1. The fourth-order valence-electron chi connectivity index (χ4n) is 2.96. The molecule has 0 aliphatic heterocycles. The molecule has 0 aromatic heterocycles. The number of amides is 1. The Labute approximate surface area is 137 Å². The minimum atomic E-state index is -0.367. The molecule has 0 spiro atoms. The molecule has 4 nitrogen and oxygen atoms in total. The summed E-state index contributed by atoms with van der Waals surface area (Å²) in [4.78, 5) is 26.0. The molecule has 1 aromatic carbocycles. The van der Waals surface area contributed by atoms with Crippen LogP contribution in [-0.4, -0.2) is 30.9 Å². The molecule has 3 rings (SSSR count). The van der Waals surface area contributed by atoms with Crippen LogP contribution in [0.3, 0.4) is 0 Å². The van der Waals surface area contributed by atoms with E-state index in [4.69, 9.17) is 4.74 Å². The SMILES string of the molecule is COC(=O)c1ccccc1CN(C)C(=O)C=C(C1CC1)C1CC1. The predicted molar refractivity (Wildman–Crippen MR) is 87.8 cm³/mol. The smallest absolute Gasteiger partial charge is 0.338 e. The molecule has 0 bridgehead atoms. The summed E-state index contributed by atoms with van der Waals surface area (Å²) >= 11 is 0. The van der Waals surface area contributed by atoms with Gasteiger partial charge in [-0.15, -0.1) is 0 Å². The van der Waals surface area contributed by atoms with E-state index in [1.807, 2.05) is 18.2 Å². The standard InChI is InChI=1S/C19H23NO3/c1-20(12-15-5-3-4-6-16(15)19(22)23-2)18(21)11-17(13-7-8-13)14-9-10-14/h3-6,11,13-14H,7-10,12H2,1-2H3. The lowest BCUT2D eigenvalue weighted by atomic mass is 10.0. The zero-order chi connectivity index (χ0) is 16.4. The van der Waals surface area contributed by atoms with Gasteiger partial charge in [0.25, 0.3) is 0 Å². The van der Waals surface area contributed by atoms with Gasteiger partial charge in [0, 0.05) is 19.7 Å². The number of methoxy groups -OCH3 is 1. The largest absolute Gasteiger partial charge is 0.465 e. The highest BCUT2D eigenvalue weighted by molar-refractivity contribution is 5.92. The van der Waals surface area contributed by atoms with Gasteiger partial charge in [-0.25, -0.2) is 4.79 Å². The Morgan fingerprint density at radius 2 is 1.78 bits per heavy atom. The van der Waals surface area contributed by atoms with Crippen molar-refractivity contribution in [1.82, 2.24) is 4.90 Å². The van der Waals surface area contributed by atoms with Crippen LogP contribution < -0.4 is 0 Å². The number of nitrogens with zero attached hydrogens (tertiary/aromatic N) is 1. The summed E-state index contributed by atoms with van der Waals surface area (Å²) in [6, 6.07) is 7.27. The number of benzene rings is 1. The summed E-state index contributed by atoms with van der Waals surface area (Å²) in [7, 11) is 3.15. The normalized spacial score (nSPS) is 16.6. The number of ether oxygens (including phenoxy) is 1. The van der Waals surface area contributed by atoms with Crippen LogP contribution >= 0.6 is 0 Å². The first-order valence-corrected chi connectivity index (χ1v) is 8.23. The van der Waals surface area contributed by atoms with Gasteiger partial charge in [0.05, 0.1) is 12.7 Å². The lowest BCUT2D eigenvalue weighted by Crippen LogP contribution is -2.26. The molecule has 0 N–H and O–H groups in total. The predicted octanol–water partition coefficient (Wildman–Crippen LogP) is 3.18. The van der Waals surface area contributed by atoms with E-state index in [1.54, 1.807) is 24.1 Å². The highest BCUT2D eigenvalue weighted by Crippen LogP contribution is 2.48. The highest BCUT2D eigenvalue weighted by Gasteiger charge is 2.36. The van der Waals surface area contributed by atoms with Gasteiger partial charge in [-0.1, -0.05) is 23.8 Å². The van der Waals surface area contributed by atoms with Crippen LogP contribution in [0.25, 0.3) is 0 Å². The monoisotopic (exact) mass is 313 g/mol. The third kappa shape index (κ3) is 3.81. The van der Waals surface area contributed by atoms with Gasteiger partial charge in [-0.3, -0.25) is 4.79 Å². The van der Waals surface area contributed by atoms with E-state index in [-0.39, 0.29) is 11.9 Å². The van der Waals surface area contributed by atoms with E-state index >= 15 is 0 Å². The molecule has 1 amide bonds. The fraction of sp³-hybridized carbons (Fsp3) is 0.474. The third-order valence-corrected chi connectivity index (χ3v) is 4.59. The minimum absolute atomic E-state index is 0.0264. The number of hydrogen-bond acceptors (Lipinski definition) is 3. The zero-order valence-electron chi connectivity index (χ0n) is 13.7. The number of allylic oxidation sites excluding steroid dienone is 1. The van der Waals surface area contributed by atoms with Crippen molar-refractivity contribution >= 4 is 11.9 Å². The average Bonchev–Trinajstić information content (AvgIpc) is 3.45. The molecule has 2 fully saturated rings. The minimum Gasteiger partial charge on any atom is -0.465 e. The Morgan fingerprint density at radius 3 is 2.35 bits per heavy atom. The summed E-state index contributed by atoms with van der Waals surface area (Å²) < 4.78 is 4.81. The van der Waals surface area contributed by atoms with Crippen molar-refractivity contribution in [2.75, 3.05) is 14.2 Å². The van der Waals surface area contributed by atoms with Crippen LogP contribution in [0.5, 0.6) is 0 Å². The Kier molecular flexibility index (Phi) is 4.51. The molecular formula is C19H23NO3. The molecule has 0 saturated heterocycles. The van der Waals surface area contributed by atoms with Crippen molar-refractivity contribution in [3.8, 4) is 0 Å². The number of likely N-dealkylation sites (N-methyl/N-ethyl adjacent to an activating group) is 1. The number of hydrogen-bond donors (Lipinski definition) is 0. The average molecular weight is 313 g/mol. The number of esters is 1. The Morgan fingerprint density at radius 1 is 1.17 bits per heavy atom. The first kappa shape index (κ1) is 15.8. The number of carbonyl (C=O) groups is 2. The molecule has 122 valence electrons. The van der Waals surface area contributed by atoms with Crippen LogP contribution in [0.2, 0.25) is 0 Å². The van der Waals surface area contributed by atoms with Gasteiger partial charge in [0.15, 0.2) is 0 Å². The quantitative estimate of drug-likeness (QED) is 0.598. The first-order valence-electron chi connectivity index (χ1n) is 8.23. The van der Waals surface area contributed by atoms with Crippen molar-refractivity contribution in [2.24, 2.45) is 11.8 Å². The molecule has 1 aromatic rings. The Hall–Kier alpha value is -2.10. The zero-order valence-corrected chi connectivity index (χ0v) is 13.7. The second-order valence-corrected chi connectivity index (χ2v) is 6.54. The van der Waals surface area contributed by atoms with Crippen LogP contribution in [0, 0.1) is 11.8 Å². The van der Waals surface area contributed by atoms with Gasteiger partial charge in [-0.2, -0.15) is 0 Å². The Balaban J connectivity index is 1.71. The summed E-state index contributed by atoms with van der Waals surface area (Å²) in [6.45, 7) is 0.406. The van der Waals surface area contributed by atoms with Crippen molar-refractivity contribution < 1.29 is 14.3 Å². The summed E-state index contributed by atoms with van der Waals surface area (Å²) in [5.74, 6) is 0.941. The van der Waals surface area contributed by atoms with Gasteiger partial charge in [0.2, 0.25) is 5.91 Å². The topological polar surface area (TPSA) is 46.6 Å². The molecule has 23 heavy (non-hydrogen) atoms. The Bertz CT molecular complexity index is 628. The maximum absolute atomic E-state index is 12.5. The van der Waals surface area contributed by atoms with Crippen molar-refractivity contribution in [3.63, 3.8) is 0 Å². The molecule has 4 heteroatoms. The number of carbonyl (C=O) groups excluding carboxylic acids is 2. The second-order valence-electron chi connectivity index (χ2n) is 6.54. The lowest BCUT2D eigenvalue weighted by Gasteiger charge is -2.18. The fourth-order valence-corrected chi connectivity index (χ4v) is 2.96. The third-order valence-electron chi connectivity index (χ3n) is 4.59. The molecule has 0 unspecified atom stereocenters. The summed E-state index contributed by atoms with van der Waals surface area (Å²) in [5.41, 5.74) is 2.68. The van der Waals surface area contributed by atoms with Gasteiger partial charge >= 0.3 is 5.97 Å². The van der Waals surface area contributed by atoms with Crippen molar-refractivity contribution in [1.29, 1.82) is 0 Å². The van der Waals surface area contributed by atoms with Gasteiger partial charge in [-0.05, 0) is 49.1 Å². The lowest BCUT2D eigenvalue weighted by molar-refractivity contribution is -0.125. The molecule has 0 radical (unpaired) electrons. The van der Waals surface area contributed by atoms with Crippen molar-refractivity contribution in [3.05, 3.63) is 47.0 Å². The van der Waals surface area contributed by atoms with E-state index in [2.05, 4.69) is 0 Å². The second kappa shape index (κ2) is 6.57. The molecule has 2 saturated carbocycles. The molecule has 0 atom stereocenters. The van der Waals surface area contributed by atoms with E-state index in [9.17, 15) is 9.59 Å². The van der Waals surface area contributed by atoms with Gasteiger partial charge < -0.3 is 9.64 Å². The molecule has 2 aliphatic carbocycles. The van der Waals surface area contributed by atoms with E-state index < -0.39 is 0 Å². The summed E-state index contributed by atoms with van der Waals surface area (Å²) in [5, 5.41) is 0. The van der Waals surface area contributed by atoms with E-state index in [1.165, 1.54) is 38.4 Å². The van der Waals surface area contributed by atoms with Crippen LogP contribution in [0.1, 0.15) is 41.6 Å². The van der Waals surface area contributed by atoms with Crippen LogP contribution in [0.4, 0.5) is 0 Å². The molecule has 0 heterocycles. The molecular weight excluding hydrogens is 290 g/mol. The van der Waals surface area contributed by atoms with E-state index in [0.717, 1.165) is 5.56 Å². The highest BCUT2D eigenvalue weighted by atomic mass is 16.5. The maximum Gasteiger partial charge on any atom is 0.338 e. The molecule has 2 aliphatic rings.